The largest absolute Gasteiger partial charge is 0.455 e. The Bertz CT molecular complexity index is 3090. The second kappa shape index (κ2) is 13.9. The molecule has 0 atom stereocenters. The van der Waals surface area contributed by atoms with Gasteiger partial charge in [-0.25, -0.2) is 0 Å². The van der Waals surface area contributed by atoms with Crippen LogP contribution in [0, 0.1) is 0 Å². The van der Waals surface area contributed by atoms with Crippen LogP contribution in [0.4, 0.5) is 17.1 Å². The van der Waals surface area contributed by atoms with E-state index < -0.39 is 0 Å². The molecule has 0 aliphatic heterocycles. The highest BCUT2D eigenvalue weighted by Crippen LogP contribution is 2.48. The van der Waals surface area contributed by atoms with E-state index in [0.717, 1.165) is 50.1 Å². The molecule has 0 aliphatic rings. The summed E-state index contributed by atoms with van der Waals surface area (Å²) in [7, 11) is 0. The summed E-state index contributed by atoms with van der Waals surface area (Å²) in [5.41, 5.74) is 11.8. The molecule has 1 aromatic heterocycles. The van der Waals surface area contributed by atoms with Gasteiger partial charge in [0.15, 0.2) is 0 Å². The summed E-state index contributed by atoms with van der Waals surface area (Å²) in [5.74, 6) is 0. The van der Waals surface area contributed by atoms with Crippen molar-refractivity contribution in [2.24, 2.45) is 0 Å². The van der Waals surface area contributed by atoms with Crippen molar-refractivity contribution in [3.8, 4) is 22.3 Å². The zero-order valence-electron chi connectivity index (χ0n) is 31.4. The van der Waals surface area contributed by atoms with Crippen LogP contribution in [0.1, 0.15) is 19.4 Å². The second-order valence-electron chi connectivity index (χ2n) is 14.3. The molecule has 0 saturated carbocycles. The minimum Gasteiger partial charge on any atom is -0.455 e. The molecule has 0 spiro atoms. The third-order valence-corrected chi connectivity index (χ3v) is 11.1. The summed E-state index contributed by atoms with van der Waals surface area (Å²) >= 11 is 0. The molecule has 9 aromatic carbocycles. The van der Waals surface area contributed by atoms with Crippen LogP contribution in [0.3, 0.4) is 0 Å². The Morgan fingerprint density at radius 1 is 0.446 bits per heavy atom. The Morgan fingerprint density at radius 3 is 1.64 bits per heavy atom. The summed E-state index contributed by atoms with van der Waals surface area (Å²) in [6, 6.07) is 65.8. The molecule has 0 amide bonds. The van der Waals surface area contributed by atoms with Crippen LogP contribution in [-0.2, 0) is 0 Å². The first-order valence-corrected chi connectivity index (χ1v) is 19.3. The van der Waals surface area contributed by atoms with E-state index in [1.807, 2.05) is 6.07 Å². The monoisotopic (exact) mass is 717 g/mol. The molecule has 56 heavy (non-hydrogen) atoms. The Kier molecular flexibility index (Phi) is 8.30. The van der Waals surface area contributed by atoms with Crippen LogP contribution in [0.2, 0.25) is 0 Å². The molecule has 0 fully saturated rings. The highest BCUT2D eigenvalue weighted by atomic mass is 16.3. The van der Waals surface area contributed by atoms with Gasteiger partial charge >= 0.3 is 0 Å². The molecule has 10 aromatic rings. The molecule has 0 unspecified atom stereocenters. The number of furan rings is 1. The Morgan fingerprint density at radius 2 is 0.982 bits per heavy atom. The van der Waals surface area contributed by atoms with Gasteiger partial charge in [0, 0.05) is 27.7 Å². The van der Waals surface area contributed by atoms with E-state index in [0.29, 0.717) is 0 Å². The van der Waals surface area contributed by atoms with Crippen molar-refractivity contribution in [1.29, 1.82) is 0 Å². The molecule has 0 aliphatic carbocycles. The van der Waals surface area contributed by atoms with Crippen molar-refractivity contribution < 1.29 is 4.42 Å². The maximum absolute atomic E-state index is 6.84. The summed E-state index contributed by atoms with van der Waals surface area (Å²) in [6.45, 7) is 4.16. The van der Waals surface area contributed by atoms with Crippen LogP contribution in [0.5, 0.6) is 0 Å². The van der Waals surface area contributed by atoms with E-state index in [1.165, 1.54) is 54.6 Å². The lowest BCUT2D eigenvalue weighted by Crippen LogP contribution is -2.11. The number of hydrogen-bond donors (Lipinski definition) is 0. The smallest absolute Gasteiger partial charge is 0.145 e. The number of rotatable bonds is 7. The predicted octanol–water partition coefficient (Wildman–Crippen LogP) is 15.8. The van der Waals surface area contributed by atoms with Gasteiger partial charge in [-0.05, 0) is 116 Å². The van der Waals surface area contributed by atoms with Gasteiger partial charge in [0.2, 0.25) is 0 Å². The number of fused-ring (bicyclic) bond motifs is 9. The van der Waals surface area contributed by atoms with E-state index in [1.54, 1.807) is 0 Å². The van der Waals surface area contributed by atoms with Gasteiger partial charge in [0.1, 0.15) is 11.2 Å². The van der Waals surface area contributed by atoms with Crippen molar-refractivity contribution in [3.63, 3.8) is 0 Å². The van der Waals surface area contributed by atoms with Crippen LogP contribution in [0.25, 0.3) is 82.1 Å². The maximum atomic E-state index is 6.84. The first kappa shape index (κ1) is 33.4. The second-order valence-corrected chi connectivity index (χ2v) is 14.3. The third kappa shape index (κ3) is 5.58. The van der Waals surface area contributed by atoms with Gasteiger partial charge in [0.25, 0.3) is 0 Å². The average Bonchev–Trinajstić information content (AvgIpc) is 3.65. The van der Waals surface area contributed by atoms with Gasteiger partial charge in [-0.15, -0.1) is 0 Å². The fraction of sp³-hybridized carbons (Fsp3) is 0.0370. The molecular weight excluding hydrogens is 679 g/mol. The Labute approximate surface area is 326 Å². The average molecular weight is 718 g/mol. The van der Waals surface area contributed by atoms with Crippen molar-refractivity contribution in [2.45, 2.75) is 13.8 Å². The number of anilines is 3. The third-order valence-electron chi connectivity index (χ3n) is 11.1. The first-order valence-electron chi connectivity index (χ1n) is 19.3. The van der Waals surface area contributed by atoms with Gasteiger partial charge in [-0.1, -0.05) is 158 Å². The lowest BCUT2D eigenvalue weighted by Gasteiger charge is -2.29. The fourth-order valence-electron chi connectivity index (χ4n) is 8.51. The number of allylic oxidation sites excluding steroid dienone is 4. The molecule has 10 rings (SSSR count). The standard InChI is InChI=1S/C54H39NO/c1-3-14-36(4-2)38-27-29-41(30-28-38)55(42-31-32-47-45-19-9-8-17-43(45)44-18-10-11-20-46(44)50(47)35-42)51-34-33-49-48-21-12-13-22-52(48)56-54(49)53(51)40-25-23-39(24-26-40)37-15-6-5-7-16-37/h3-35H,1-2H3/b14-3-,36-4+. The summed E-state index contributed by atoms with van der Waals surface area (Å²) in [5, 5.41) is 9.71. The zero-order chi connectivity index (χ0) is 37.6. The number of para-hydroxylation sites is 1. The Balaban J connectivity index is 1.26. The van der Waals surface area contributed by atoms with Crippen LogP contribution < -0.4 is 4.90 Å². The van der Waals surface area contributed by atoms with Gasteiger partial charge in [0.05, 0.1) is 5.69 Å². The maximum Gasteiger partial charge on any atom is 0.145 e. The van der Waals surface area contributed by atoms with Crippen molar-refractivity contribution >= 4 is 76.9 Å². The molecule has 0 bridgehead atoms. The molecule has 0 saturated heterocycles. The topological polar surface area (TPSA) is 16.4 Å². The molecular formula is C54H39NO. The minimum absolute atomic E-state index is 0.874. The lowest BCUT2D eigenvalue weighted by molar-refractivity contribution is 0.670. The molecule has 2 nitrogen and oxygen atoms in total. The zero-order valence-corrected chi connectivity index (χ0v) is 31.4. The van der Waals surface area contributed by atoms with Gasteiger partial charge in [-0.2, -0.15) is 0 Å². The van der Waals surface area contributed by atoms with Crippen LogP contribution in [0.15, 0.2) is 205 Å². The highest BCUT2D eigenvalue weighted by molar-refractivity contribution is 6.26. The van der Waals surface area contributed by atoms with Crippen molar-refractivity contribution in [1.82, 2.24) is 0 Å². The Hall–Kier alpha value is -7.16. The number of benzene rings is 9. The number of nitrogens with zero attached hydrogens (tertiary/aromatic N) is 1. The summed E-state index contributed by atoms with van der Waals surface area (Å²) in [6.07, 6.45) is 6.42. The molecule has 266 valence electrons. The highest BCUT2D eigenvalue weighted by Gasteiger charge is 2.24. The predicted molar refractivity (Wildman–Crippen MR) is 240 cm³/mol. The molecule has 0 radical (unpaired) electrons. The first-order chi connectivity index (χ1) is 27.7. The van der Waals surface area contributed by atoms with E-state index in [-0.39, 0.29) is 0 Å². The molecule has 1 heterocycles. The van der Waals surface area contributed by atoms with E-state index >= 15 is 0 Å². The lowest BCUT2D eigenvalue weighted by atomic mass is 9.93. The van der Waals surface area contributed by atoms with Crippen LogP contribution in [-0.4, -0.2) is 0 Å². The van der Waals surface area contributed by atoms with Gasteiger partial charge < -0.3 is 9.32 Å². The normalized spacial score (nSPS) is 12.1. The molecule has 0 N–H and O–H groups in total. The van der Waals surface area contributed by atoms with E-state index in [2.05, 4.69) is 213 Å². The minimum atomic E-state index is 0.874. The fourth-order valence-corrected chi connectivity index (χ4v) is 8.51. The summed E-state index contributed by atoms with van der Waals surface area (Å²) < 4.78 is 6.84. The summed E-state index contributed by atoms with van der Waals surface area (Å²) in [4.78, 5) is 2.41. The SMILES string of the molecule is C/C=C\C(=C/C)c1ccc(N(c2ccc3c4ccccc4c4ccccc4c3c2)c2ccc3c(oc4ccccc43)c2-c2ccc(-c3ccccc3)cc2)cc1. The van der Waals surface area contributed by atoms with Crippen LogP contribution >= 0.6 is 0 Å². The van der Waals surface area contributed by atoms with Crippen molar-refractivity contribution in [2.75, 3.05) is 4.90 Å². The van der Waals surface area contributed by atoms with E-state index in [4.69, 9.17) is 4.42 Å². The molecule has 2 heteroatoms. The van der Waals surface area contributed by atoms with Gasteiger partial charge in [-0.3, -0.25) is 0 Å². The van der Waals surface area contributed by atoms with Crippen molar-refractivity contribution in [3.05, 3.63) is 206 Å². The van der Waals surface area contributed by atoms with E-state index in [9.17, 15) is 0 Å². The quantitative estimate of drug-likeness (QED) is 0.121. The number of hydrogen-bond acceptors (Lipinski definition) is 2.